The molecular formula is C17H20N2O2. The minimum Gasteiger partial charge on any atom is -0.504 e. The Morgan fingerprint density at radius 3 is 2.52 bits per heavy atom. The molecule has 0 saturated carbocycles. The van der Waals surface area contributed by atoms with E-state index in [1.165, 1.54) is 24.6 Å². The standard InChI is InChI=1S/C17H20N2O2/c20-16-7-6-13(10-17(16)21)12-18-14-4-3-5-15(11-14)19-8-1-2-9-19/h3-7,10-11,18,20-21H,1-2,8-9,12H2. The molecule has 1 aliphatic rings. The van der Waals surface area contributed by atoms with Crippen LogP contribution in [-0.2, 0) is 6.54 Å². The van der Waals surface area contributed by atoms with E-state index in [2.05, 4.69) is 28.4 Å². The second-order valence-corrected chi connectivity index (χ2v) is 5.42. The van der Waals surface area contributed by atoms with Gasteiger partial charge in [0.05, 0.1) is 0 Å². The molecule has 4 nitrogen and oxygen atoms in total. The third-order valence-corrected chi connectivity index (χ3v) is 3.85. The number of phenolic OH excluding ortho intramolecular Hbond substituents is 2. The zero-order chi connectivity index (χ0) is 14.7. The van der Waals surface area contributed by atoms with Gasteiger partial charge < -0.3 is 20.4 Å². The molecule has 0 atom stereocenters. The van der Waals surface area contributed by atoms with Crippen LogP contribution in [0.4, 0.5) is 11.4 Å². The van der Waals surface area contributed by atoms with E-state index in [9.17, 15) is 10.2 Å². The second-order valence-electron chi connectivity index (χ2n) is 5.42. The summed E-state index contributed by atoms with van der Waals surface area (Å²) in [6.07, 6.45) is 2.54. The fraction of sp³-hybridized carbons (Fsp3) is 0.294. The van der Waals surface area contributed by atoms with E-state index in [1.54, 1.807) is 12.1 Å². The number of hydrogen-bond donors (Lipinski definition) is 3. The number of phenols is 2. The number of nitrogens with one attached hydrogen (secondary N) is 1. The average molecular weight is 284 g/mol. The maximum absolute atomic E-state index is 9.50. The molecule has 1 saturated heterocycles. The first-order valence-corrected chi connectivity index (χ1v) is 7.32. The van der Waals surface area contributed by atoms with Gasteiger partial charge in [0.2, 0.25) is 0 Å². The topological polar surface area (TPSA) is 55.7 Å². The van der Waals surface area contributed by atoms with Crippen LogP contribution in [0.25, 0.3) is 0 Å². The Balaban J connectivity index is 1.67. The number of nitrogens with zero attached hydrogens (tertiary/aromatic N) is 1. The van der Waals surface area contributed by atoms with E-state index in [-0.39, 0.29) is 11.5 Å². The molecular weight excluding hydrogens is 264 g/mol. The second kappa shape index (κ2) is 5.95. The average Bonchev–Trinajstić information content (AvgIpc) is 3.03. The third-order valence-electron chi connectivity index (χ3n) is 3.85. The molecule has 110 valence electrons. The Labute approximate surface area is 124 Å². The Hall–Kier alpha value is -2.36. The highest BCUT2D eigenvalue weighted by molar-refractivity contribution is 5.58. The lowest BCUT2D eigenvalue weighted by Gasteiger charge is -2.18. The van der Waals surface area contributed by atoms with Crippen molar-refractivity contribution in [3.05, 3.63) is 48.0 Å². The highest BCUT2D eigenvalue weighted by atomic mass is 16.3. The summed E-state index contributed by atoms with van der Waals surface area (Å²) in [5.41, 5.74) is 3.25. The van der Waals surface area contributed by atoms with Crippen LogP contribution in [0.15, 0.2) is 42.5 Å². The number of rotatable bonds is 4. The largest absolute Gasteiger partial charge is 0.504 e. The molecule has 4 heteroatoms. The first-order chi connectivity index (χ1) is 10.2. The maximum atomic E-state index is 9.50. The molecule has 0 aromatic heterocycles. The van der Waals surface area contributed by atoms with E-state index >= 15 is 0 Å². The SMILES string of the molecule is Oc1ccc(CNc2cccc(N3CCCC3)c2)cc1O. The molecule has 3 N–H and O–H groups in total. The summed E-state index contributed by atoms with van der Waals surface area (Å²) in [6.45, 7) is 2.88. The van der Waals surface area contributed by atoms with Gasteiger partial charge in [0.25, 0.3) is 0 Å². The van der Waals surface area contributed by atoms with Gasteiger partial charge in [-0.25, -0.2) is 0 Å². The zero-order valence-corrected chi connectivity index (χ0v) is 11.9. The summed E-state index contributed by atoms with van der Waals surface area (Å²) in [4.78, 5) is 2.40. The molecule has 0 spiro atoms. The molecule has 0 unspecified atom stereocenters. The van der Waals surface area contributed by atoms with Gasteiger partial charge in [-0.05, 0) is 48.7 Å². The van der Waals surface area contributed by atoms with Crippen LogP contribution in [-0.4, -0.2) is 23.3 Å². The predicted octanol–water partition coefficient (Wildman–Crippen LogP) is 3.31. The summed E-state index contributed by atoms with van der Waals surface area (Å²) >= 11 is 0. The van der Waals surface area contributed by atoms with Crippen LogP contribution < -0.4 is 10.2 Å². The van der Waals surface area contributed by atoms with Crippen molar-refractivity contribution in [3.63, 3.8) is 0 Å². The monoisotopic (exact) mass is 284 g/mol. The van der Waals surface area contributed by atoms with Gasteiger partial charge in [-0.1, -0.05) is 12.1 Å². The van der Waals surface area contributed by atoms with Crippen LogP contribution in [0.3, 0.4) is 0 Å². The van der Waals surface area contributed by atoms with Gasteiger partial charge >= 0.3 is 0 Å². The number of anilines is 2. The molecule has 21 heavy (non-hydrogen) atoms. The minimum atomic E-state index is -0.0882. The summed E-state index contributed by atoms with van der Waals surface area (Å²) in [7, 11) is 0. The van der Waals surface area contributed by atoms with Crippen LogP contribution >= 0.6 is 0 Å². The van der Waals surface area contributed by atoms with Crippen molar-refractivity contribution in [3.8, 4) is 11.5 Å². The highest BCUT2D eigenvalue weighted by Gasteiger charge is 2.12. The van der Waals surface area contributed by atoms with Crippen molar-refractivity contribution in [2.45, 2.75) is 19.4 Å². The lowest BCUT2D eigenvalue weighted by atomic mass is 10.2. The Morgan fingerprint density at radius 2 is 1.76 bits per heavy atom. The lowest BCUT2D eigenvalue weighted by molar-refractivity contribution is 0.403. The molecule has 1 heterocycles. The molecule has 0 amide bonds. The zero-order valence-electron chi connectivity index (χ0n) is 11.9. The van der Waals surface area contributed by atoms with Crippen molar-refractivity contribution in [2.75, 3.05) is 23.3 Å². The number of hydrogen-bond acceptors (Lipinski definition) is 4. The van der Waals surface area contributed by atoms with Gasteiger partial charge in [0, 0.05) is 31.0 Å². The predicted molar refractivity (Wildman–Crippen MR) is 85.0 cm³/mol. The van der Waals surface area contributed by atoms with Crippen molar-refractivity contribution < 1.29 is 10.2 Å². The Bertz CT molecular complexity index is 622. The first-order valence-electron chi connectivity index (χ1n) is 7.32. The minimum absolute atomic E-state index is 0.0832. The van der Waals surface area contributed by atoms with Crippen molar-refractivity contribution in [2.24, 2.45) is 0 Å². The van der Waals surface area contributed by atoms with Gasteiger partial charge in [-0.15, -0.1) is 0 Å². The molecule has 1 fully saturated rings. The summed E-state index contributed by atoms with van der Waals surface area (Å²) < 4.78 is 0. The fourth-order valence-corrected chi connectivity index (χ4v) is 2.67. The Kier molecular flexibility index (Phi) is 3.86. The van der Waals surface area contributed by atoms with Gasteiger partial charge in [0.1, 0.15) is 0 Å². The van der Waals surface area contributed by atoms with Gasteiger partial charge in [-0.2, -0.15) is 0 Å². The third kappa shape index (κ3) is 3.21. The number of benzene rings is 2. The smallest absolute Gasteiger partial charge is 0.157 e. The van der Waals surface area contributed by atoms with Crippen molar-refractivity contribution >= 4 is 11.4 Å². The van der Waals surface area contributed by atoms with Crippen LogP contribution in [0.2, 0.25) is 0 Å². The molecule has 1 aliphatic heterocycles. The maximum Gasteiger partial charge on any atom is 0.157 e. The van der Waals surface area contributed by atoms with E-state index in [1.807, 2.05) is 6.07 Å². The van der Waals surface area contributed by atoms with E-state index in [0.29, 0.717) is 6.54 Å². The summed E-state index contributed by atoms with van der Waals surface area (Å²) in [6, 6.07) is 13.3. The molecule has 3 rings (SSSR count). The van der Waals surface area contributed by atoms with Gasteiger partial charge in [-0.3, -0.25) is 0 Å². The molecule has 0 radical (unpaired) electrons. The molecule has 2 aromatic carbocycles. The molecule has 0 bridgehead atoms. The number of aromatic hydroxyl groups is 2. The molecule has 2 aromatic rings. The van der Waals surface area contributed by atoms with E-state index in [4.69, 9.17) is 0 Å². The molecule has 0 aliphatic carbocycles. The normalized spacial score (nSPS) is 14.4. The van der Waals surface area contributed by atoms with Crippen molar-refractivity contribution in [1.82, 2.24) is 0 Å². The van der Waals surface area contributed by atoms with Crippen LogP contribution in [0.1, 0.15) is 18.4 Å². The van der Waals surface area contributed by atoms with Gasteiger partial charge in [0.15, 0.2) is 11.5 Å². The summed E-state index contributed by atoms with van der Waals surface area (Å²) in [5, 5.41) is 22.2. The summed E-state index contributed by atoms with van der Waals surface area (Å²) in [5.74, 6) is -0.171. The lowest BCUT2D eigenvalue weighted by Crippen LogP contribution is -2.17. The quantitative estimate of drug-likeness (QED) is 0.754. The van der Waals surface area contributed by atoms with Crippen molar-refractivity contribution in [1.29, 1.82) is 0 Å². The van der Waals surface area contributed by atoms with Crippen LogP contribution in [0.5, 0.6) is 11.5 Å². The Morgan fingerprint density at radius 1 is 0.952 bits per heavy atom. The highest BCUT2D eigenvalue weighted by Crippen LogP contribution is 2.26. The first kappa shape index (κ1) is 13.6. The van der Waals surface area contributed by atoms with Crippen LogP contribution in [0, 0.1) is 0 Å². The fourth-order valence-electron chi connectivity index (χ4n) is 2.67. The van der Waals surface area contributed by atoms with E-state index < -0.39 is 0 Å². The van der Waals surface area contributed by atoms with E-state index in [0.717, 1.165) is 24.3 Å².